The van der Waals surface area contributed by atoms with Gasteiger partial charge in [0.15, 0.2) is 0 Å². The maximum absolute atomic E-state index is 13.8. The molecule has 2 aromatic carbocycles. The zero-order chi connectivity index (χ0) is 18.6. The number of hydrogen-bond donors (Lipinski definition) is 0. The van der Waals surface area contributed by atoms with Gasteiger partial charge >= 0.3 is 0 Å². The second-order valence-electron chi connectivity index (χ2n) is 5.98. The first-order valence-corrected chi connectivity index (χ1v) is 9.76. The van der Waals surface area contributed by atoms with Crippen molar-refractivity contribution in [3.63, 3.8) is 0 Å². The summed E-state index contributed by atoms with van der Waals surface area (Å²) in [4.78, 5) is 1.80. The quantitative estimate of drug-likeness (QED) is 0.770. The van der Waals surface area contributed by atoms with E-state index >= 15 is 0 Å². The molecule has 3 rings (SSSR count). The minimum absolute atomic E-state index is 0.284. The molecule has 1 saturated heterocycles. The molecule has 140 valence electrons. The van der Waals surface area contributed by atoms with Gasteiger partial charge in [-0.2, -0.15) is 4.31 Å². The Morgan fingerprint density at radius 2 is 1.58 bits per heavy atom. The lowest BCUT2D eigenvalue weighted by molar-refractivity contribution is 0.158. The van der Waals surface area contributed by atoms with Crippen molar-refractivity contribution in [1.82, 2.24) is 9.21 Å². The minimum Gasteiger partial charge on any atom is -0.492 e. The van der Waals surface area contributed by atoms with Crippen LogP contribution >= 0.6 is 0 Å². The van der Waals surface area contributed by atoms with Crippen LogP contribution in [0.3, 0.4) is 0 Å². The van der Waals surface area contributed by atoms with Gasteiger partial charge in [0, 0.05) is 32.7 Å². The minimum atomic E-state index is -3.82. The molecule has 0 spiro atoms. The molecule has 1 fully saturated rings. The average Bonchev–Trinajstić information content (AvgIpc) is 2.64. The molecule has 8 heteroatoms. The number of nitrogens with zero attached hydrogens (tertiary/aromatic N) is 2. The monoisotopic (exact) mass is 382 g/mol. The van der Waals surface area contributed by atoms with Crippen LogP contribution in [-0.4, -0.2) is 57.0 Å². The van der Waals surface area contributed by atoms with E-state index in [0.717, 1.165) is 6.07 Å². The van der Waals surface area contributed by atoms with Gasteiger partial charge in [-0.05, 0) is 36.4 Å². The third-order valence-electron chi connectivity index (χ3n) is 4.28. The van der Waals surface area contributed by atoms with E-state index in [4.69, 9.17) is 4.74 Å². The molecular formula is C18H20F2N2O3S. The van der Waals surface area contributed by atoms with Crippen LogP contribution in [0, 0.1) is 11.6 Å². The van der Waals surface area contributed by atoms with Crippen LogP contribution in [0.5, 0.6) is 5.75 Å². The fourth-order valence-electron chi connectivity index (χ4n) is 2.81. The van der Waals surface area contributed by atoms with Gasteiger partial charge in [-0.25, -0.2) is 17.2 Å². The standard InChI is InChI=1S/C18H20F2N2O3S/c19-15-5-7-16(8-6-15)25-14-13-21-9-11-22(12-10-21)26(23,24)18-4-2-1-3-17(18)20/h1-8H,9-14H2. The summed E-state index contributed by atoms with van der Waals surface area (Å²) in [6.45, 7) is 2.73. The summed E-state index contributed by atoms with van der Waals surface area (Å²) in [6.07, 6.45) is 0. The number of rotatable bonds is 6. The molecule has 0 aliphatic carbocycles. The Hall–Kier alpha value is -2.03. The van der Waals surface area contributed by atoms with Crippen molar-refractivity contribution < 1.29 is 21.9 Å². The number of hydrogen-bond acceptors (Lipinski definition) is 4. The van der Waals surface area contributed by atoms with Gasteiger partial charge in [-0.3, -0.25) is 4.90 Å². The van der Waals surface area contributed by atoms with Crippen molar-refractivity contribution in [2.24, 2.45) is 0 Å². The maximum Gasteiger partial charge on any atom is 0.246 e. The van der Waals surface area contributed by atoms with Crippen molar-refractivity contribution in [1.29, 1.82) is 0 Å². The highest BCUT2D eigenvalue weighted by Crippen LogP contribution is 2.20. The molecule has 0 unspecified atom stereocenters. The Balaban J connectivity index is 1.49. The molecule has 0 aromatic heterocycles. The second-order valence-corrected chi connectivity index (χ2v) is 7.88. The summed E-state index contributed by atoms with van der Waals surface area (Å²) in [5.41, 5.74) is 0. The van der Waals surface area contributed by atoms with Crippen LogP contribution in [0.1, 0.15) is 0 Å². The SMILES string of the molecule is O=S(=O)(c1ccccc1F)N1CCN(CCOc2ccc(F)cc2)CC1. The number of piperazine rings is 1. The van der Waals surface area contributed by atoms with Crippen molar-refractivity contribution in [3.8, 4) is 5.75 Å². The topological polar surface area (TPSA) is 49.9 Å². The Morgan fingerprint density at radius 3 is 2.23 bits per heavy atom. The summed E-state index contributed by atoms with van der Waals surface area (Å²) in [5.74, 6) is -0.459. The van der Waals surface area contributed by atoms with E-state index in [-0.39, 0.29) is 10.7 Å². The normalized spacial score (nSPS) is 16.5. The molecule has 5 nitrogen and oxygen atoms in total. The molecule has 1 aliphatic rings. The highest BCUT2D eigenvalue weighted by Gasteiger charge is 2.30. The largest absolute Gasteiger partial charge is 0.492 e. The summed E-state index contributed by atoms with van der Waals surface area (Å²) in [6, 6.07) is 11.2. The van der Waals surface area contributed by atoms with Crippen LogP contribution in [0.25, 0.3) is 0 Å². The van der Waals surface area contributed by atoms with E-state index in [1.807, 2.05) is 0 Å². The smallest absolute Gasteiger partial charge is 0.246 e. The third-order valence-corrected chi connectivity index (χ3v) is 6.21. The van der Waals surface area contributed by atoms with Gasteiger partial charge in [0.05, 0.1) is 0 Å². The van der Waals surface area contributed by atoms with Gasteiger partial charge < -0.3 is 4.74 Å². The highest BCUT2D eigenvalue weighted by atomic mass is 32.2. The molecular weight excluding hydrogens is 362 g/mol. The van der Waals surface area contributed by atoms with Gasteiger partial charge in [0.25, 0.3) is 0 Å². The Labute approximate surface area is 151 Å². The van der Waals surface area contributed by atoms with Gasteiger partial charge in [-0.1, -0.05) is 12.1 Å². The van der Waals surface area contributed by atoms with Crippen LogP contribution in [0.2, 0.25) is 0 Å². The number of sulfonamides is 1. The molecule has 0 amide bonds. The summed E-state index contributed by atoms with van der Waals surface area (Å²) in [7, 11) is -3.82. The molecule has 0 bridgehead atoms. The van der Waals surface area contributed by atoms with E-state index in [1.165, 1.54) is 34.6 Å². The zero-order valence-electron chi connectivity index (χ0n) is 14.1. The Bertz CT molecular complexity index is 836. The number of ether oxygens (including phenoxy) is 1. The van der Waals surface area contributed by atoms with Crippen LogP contribution in [0.15, 0.2) is 53.4 Å². The van der Waals surface area contributed by atoms with Gasteiger partial charge in [0.2, 0.25) is 10.0 Å². The highest BCUT2D eigenvalue weighted by molar-refractivity contribution is 7.89. The summed E-state index contributed by atoms with van der Waals surface area (Å²) >= 11 is 0. The lowest BCUT2D eigenvalue weighted by Gasteiger charge is -2.33. The van der Waals surface area contributed by atoms with E-state index in [9.17, 15) is 17.2 Å². The lowest BCUT2D eigenvalue weighted by Crippen LogP contribution is -2.49. The molecule has 26 heavy (non-hydrogen) atoms. The number of benzene rings is 2. The zero-order valence-corrected chi connectivity index (χ0v) is 15.0. The molecule has 0 saturated carbocycles. The molecule has 1 heterocycles. The molecule has 1 aliphatic heterocycles. The molecule has 0 radical (unpaired) electrons. The average molecular weight is 382 g/mol. The fraction of sp³-hybridized carbons (Fsp3) is 0.333. The first-order valence-electron chi connectivity index (χ1n) is 8.32. The summed E-state index contributed by atoms with van der Waals surface area (Å²) in [5, 5.41) is 0. The van der Waals surface area contributed by atoms with Gasteiger partial charge in [-0.15, -0.1) is 0 Å². The second kappa shape index (κ2) is 8.11. The van der Waals surface area contributed by atoms with E-state index in [0.29, 0.717) is 45.1 Å². The third kappa shape index (κ3) is 4.38. The first kappa shape index (κ1) is 18.8. The van der Waals surface area contributed by atoms with Gasteiger partial charge in [0.1, 0.15) is 28.9 Å². The molecule has 0 atom stereocenters. The maximum atomic E-state index is 13.8. The van der Waals surface area contributed by atoms with E-state index < -0.39 is 15.8 Å². The van der Waals surface area contributed by atoms with Crippen molar-refractivity contribution >= 4 is 10.0 Å². The van der Waals surface area contributed by atoms with Crippen molar-refractivity contribution in [3.05, 3.63) is 60.2 Å². The predicted octanol–water partition coefficient (Wildman–Crippen LogP) is 2.35. The molecule has 0 N–H and O–H groups in total. The Kier molecular flexibility index (Phi) is 5.85. The predicted molar refractivity (Wildman–Crippen MR) is 93.5 cm³/mol. The first-order chi connectivity index (χ1) is 12.5. The number of halogens is 2. The van der Waals surface area contributed by atoms with Crippen LogP contribution in [-0.2, 0) is 10.0 Å². The van der Waals surface area contributed by atoms with Crippen LogP contribution < -0.4 is 4.74 Å². The van der Waals surface area contributed by atoms with Crippen LogP contribution in [0.4, 0.5) is 8.78 Å². The van der Waals surface area contributed by atoms with E-state index in [2.05, 4.69) is 4.90 Å². The molecule has 2 aromatic rings. The van der Waals surface area contributed by atoms with E-state index in [1.54, 1.807) is 12.1 Å². The fourth-order valence-corrected chi connectivity index (χ4v) is 4.30. The Morgan fingerprint density at radius 1 is 0.923 bits per heavy atom. The summed E-state index contributed by atoms with van der Waals surface area (Å²) < 4.78 is 58.6. The lowest BCUT2D eigenvalue weighted by atomic mass is 10.3. The van der Waals surface area contributed by atoms with Crippen molar-refractivity contribution in [2.45, 2.75) is 4.90 Å². The van der Waals surface area contributed by atoms with Crippen molar-refractivity contribution in [2.75, 3.05) is 39.3 Å².